The molecule has 34 heavy (non-hydrogen) atoms. The van der Waals surface area contributed by atoms with Crippen LogP contribution in [0.25, 0.3) is 10.8 Å². The van der Waals surface area contributed by atoms with Crippen LogP contribution in [0.1, 0.15) is 25.7 Å². The number of benzene rings is 2. The third-order valence-electron chi connectivity index (χ3n) is 7.33. The van der Waals surface area contributed by atoms with Crippen LogP contribution in [-0.2, 0) is 14.8 Å². The number of piperazine rings is 1. The molecular weight excluding hydrogens is 452 g/mol. The molecule has 0 aromatic heterocycles. The van der Waals surface area contributed by atoms with Crippen molar-refractivity contribution in [3.8, 4) is 0 Å². The van der Waals surface area contributed by atoms with Gasteiger partial charge >= 0.3 is 6.03 Å². The molecule has 0 spiro atoms. The lowest BCUT2D eigenvalue weighted by atomic mass is 9.96. The Morgan fingerprint density at radius 1 is 0.735 bits per heavy atom. The van der Waals surface area contributed by atoms with Crippen LogP contribution >= 0.6 is 0 Å². The van der Waals surface area contributed by atoms with Crippen LogP contribution in [0.2, 0.25) is 0 Å². The normalized spacial score (nSPS) is 22.4. The minimum atomic E-state index is -3.62. The fraction of sp³-hybridized carbons (Fsp3) is 0.520. The number of sulfonamides is 1. The van der Waals surface area contributed by atoms with Crippen LogP contribution in [0, 0.1) is 5.92 Å². The minimum Gasteiger partial charge on any atom is -0.340 e. The second-order valence-corrected chi connectivity index (χ2v) is 11.4. The summed E-state index contributed by atoms with van der Waals surface area (Å²) >= 11 is 0. The van der Waals surface area contributed by atoms with Gasteiger partial charge in [0.15, 0.2) is 0 Å². The van der Waals surface area contributed by atoms with E-state index in [1.54, 1.807) is 17.0 Å². The van der Waals surface area contributed by atoms with Crippen LogP contribution in [0.3, 0.4) is 0 Å². The SMILES string of the molecule is O=C(C1CCCN(C(=O)N2CCCC2)C1)N1CCN(S(=O)(=O)c2ccc3ccccc3c2)CC1. The van der Waals surface area contributed by atoms with Gasteiger partial charge in [-0.25, -0.2) is 13.2 Å². The van der Waals surface area contributed by atoms with Gasteiger partial charge in [0.1, 0.15) is 0 Å². The minimum absolute atomic E-state index is 0.0432. The van der Waals surface area contributed by atoms with E-state index in [0.717, 1.165) is 49.5 Å². The number of carbonyl (C=O) groups is 2. The second-order valence-electron chi connectivity index (χ2n) is 9.50. The maximum atomic E-state index is 13.2. The number of rotatable bonds is 3. The molecule has 182 valence electrons. The molecule has 0 saturated carbocycles. The third kappa shape index (κ3) is 4.51. The summed E-state index contributed by atoms with van der Waals surface area (Å²) in [6.45, 7) is 4.10. The van der Waals surface area contributed by atoms with E-state index in [0.29, 0.717) is 26.2 Å². The van der Waals surface area contributed by atoms with Crippen LogP contribution in [-0.4, -0.2) is 91.7 Å². The molecule has 2 aromatic rings. The zero-order valence-electron chi connectivity index (χ0n) is 19.4. The Hall–Kier alpha value is -2.65. The van der Waals surface area contributed by atoms with Crippen LogP contribution in [0.4, 0.5) is 4.79 Å². The number of amides is 3. The van der Waals surface area contributed by atoms with Crippen molar-refractivity contribution in [3.63, 3.8) is 0 Å². The maximum absolute atomic E-state index is 13.2. The number of nitrogens with zero attached hydrogens (tertiary/aromatic N) is 4. The van der Waals surface area contributed by atoms with Gasteiger partial charge in [-0.05, 0) is 48.6 Å². The number of likely N-dealkylation sites (tertiary alicyclic amines) is 2. The molecular formula is C25H32N4O4S. The van der Waals surface area contributed by atoms with Gasteiger partial charge in [0.25, 0.3) is 0 Å². The molecule has 1 unspecified atom stereocenters. The summed E-state index contributed by atoms with van der Waals surface area (Å²) in [4.78, 5) is 31.8. The monoisotopic (exact) mass is 484 g/mol. The maximum Gasteiger partial charge on any atom is 0.320 e. The quantitative estimate of drug-likeness (QED) is 0.671. The van der Waals surface area contributed by atoms with E-state index in [2.05, 4.69) is 0 Å². The highest BCUT2D eigenvalue weighted by Crippen LogP contribution is 2.25. The Balaban J connectivity index is 1.20. The first-order valence-electron chi connectivity index (χ1n) is 12.2. The van der Waals surface area contributed by atoms with E-state index in [1.807, 2.05) is 40.1 Å². The molecule has 8 nitrogen and oxygen atoms in total. The predicted molar refractivity (Wildman–Crippen MR) is 130 cm³/mol. The topological polar surface area (TPSA) is 81.2 Å². The van der Waals surface area contributed by atoms with Gasteiger partial charge in [0.05, 0.1) is 10.8 Å². The number of urea groups is 1. The van der Waals surface area contributed by atoms with Crippen molar-refractivity contribution in [2.45, 2.75) is 30.6 Å². The van der Waals surface area contributed by atoms with Crippen LogP contribution < -0.4 is 0 Å². The zero-order chi connectivity index (χ0) is 23.7. The number of hydrogen-bond donors (Lipinski definition) is 0. The van der Waals surface area contributed by atoms with Crippen molar-refractivity contribution in [1.29, 1.82) is 0 Å². The van der Waals surface area contributed by atoms with Gasteiger partial charge in [-0.1, -0.05) is 30.3 Å². The Bertz CT molecular complexity index is 1170. The lowest BCUT2D eigenvalue weighted by molar-refractivity contribution is -0.138. The first kappa shape index (κ1) is 23.1. The average molecular weight is 485 g/mol. The average Bonchev–Trinajstić information content (AvgIpc) is 3.43. The Morgan fingerprint density at radius 2 is 1.41 bits per heavy atom. The molecule has 3 fully saturated rings. The van der Waals surface area contributed by atoms with E-state index in [4.69, 9.17) is 0 Å². The van der Waals surface area contributed by atoms with E-state index in [-0.39, 0.29) is 35.8 Å². The smallest absolute Gasteiger partial charge is 0.320 e. The molecule has 3 aliphatic rings. The molecule has 0 N–H and O–H groups in total. The number of fused-ring (bicyclic) bond motifs is 1. The highest BCUT2D eigenvalue weighted by molar-refractivity contribution is 7.89. The van der Waals surface area contributed by atoms with Crippen LogP contribution in [0.15, 0.2) is 47.4 Å². The Labute approximate surface area is 201 Å². The molecule has 3 saturated heterocycles. The Morgan fingerprint density at radius 3 is 2.15 bits per heavy atom. The van der Waals surface area contributed by atoms with Gasteiger partial charge in [0.2, 0.25) is 15.9 Å². The molecule has 2 aromatic carbocycles. The molecule has 3 heterocycles. The summed E-state index contributed by atoms with van der Waals surface area (Å²) in [5.74, 6) is -0.161. The highest BCUT2D eigenvalue weighted by Gasteiger charge is 2.36. The van der Waals surface area contributed by atoms with E-state index < -0.39 is 10.0 Å². The molecule has 3 amide bonds. The fourth-order valence-electron chi connectivity index (χ4n) is 5.34. The standard InChI is InChI=1S/C25H32N4O4S/c30-24(22-8-5-13-28(19-22)25(31)27-11-3-4-12-27)26-14-16-29(17-15-26)34(32,33)23-10-9-20-6-1-2-7-21(20)18-23/h1-2,6-7,9-10,18,22H,3-5,8,11-17,19H2. The largest absolute Gasteiger partial charge is 0.340 e. The van der Waals surface area contributed by atoms with Crippen molar-refractivity contribution >= 4 is 32.7 Å². The lowest BCUT2D eigenvalue weighted by Gasteiger charge is -2.39. The molecule has 0 bridgehead atoms. The summed E-state index contributed by atoms with van der Waals surface area (Å²) in [5.41, 5.74) is 0. The summed E-state index contributed by atoms with van der Waals surface area (Å²) in [7, 11) is -3.62. The van der Waals surface area contributed by atoms with E-state index in [1.165, 1.54) is 4.31 Å². The summed E-state index contributed by atoms with van der Waals surface area (Å²) in [6.07, 6.45) is 3.70. The van der Waals surface area contributed by atoms with Crippen molar-refractivity contribution in [2.75, 3.05) is 52.4 Å². The van der Waals surface area contributed by atoms with Gasteiger partial charge in [-0.2, -0.15) is 4.31 Å². The molecule has 1 atom stereocenters. The number of hydrogen-bond acceptors (Lipinski definition) is 4. The number of carbonyl (C=O) groups excluding carboxylic acids is 2. The first-order valence-corrected chi connectivity index (χ1v) is 13.7. The third-order valence-corrected chi connectivity index (χ3v) is 9.22. The first-order chi connectivity index (χ1) is 16.4. The van der Waals surface area contributed by atoms with Gasteiger partial charge in [-0.15, -0.1) is 0 Å². The van der Waals surface area contributed by atoms with Crippen molar-refractivity contribution in [2.24, 2.45) is 5.92 Å². The fourth-order valence-corrected chi connectivity index (χ4v) is 6.80. The van der Waals surface area contributed by atoms with Gasteiger partial charge in [0, 0.05) is 52.4 Å². The van der Waals surface area contributed by atoms with E-state index >= 15 is 0 Å². The predicted octanol–water partition coefficient (Wildman–Crippen LogP) is 2.60. The zero-order valence-corrected chi connectivity index (χ0v) is 20.3. The van der Waals surface area contributed by atoms with Crippen molar-refractivity contribution in [1.82, 2.24) is 19.0 Å². The van der Waals surface area contributed by atoms with Crippen molar-refractivity contribution in [3.05, 3.63) is 42.5 Å². The summed E-state index contributed by atoms with van der Waals surface area (Å²) in [5, 5.41) is 1.89. The lowest BCUT2D eigenvalue weighted by Crippen LogP contribution is -2.54. The second kappa shape index (κ2) is 9.54. The molecule has 0 radical (unpaired) electrons. The van der Waals surface area contributed by atoms with Crippen molar-refractivity contribution < 1.29 is 18.0 Å². The summed E-state index contributed by atoms with van der Waals surface area (Å²) < 4.78 is 27.9. The number of piperidine rings is 1. The van der Waals surface area contributed by atoms with Crippen LogP contribution in [0.5, 0.6) is 0 Å². The summed E-state index contributed by atoms with van der Waals surface area (Å²) in [6, 6.07) is 13.0. The van der Waals surface area contributed by atoms with E-state index in [9.17, 15) is 18.0 Å². The highest BCUT2D eigenvalue weighted by atomic mass is 32.2. The Kier molecular flexibility index (Phi) is 6.48. The van der Waals surface area contributed by atoms with Gasteiger partial charge < -0.3 is 14.7 Å². The molecule has 0 aliphatic carbocycles. The molecule has 3 aliphatic heterocycles. The molecule has 9 heteroatoms. The van der Waals surface area contributed by atoms with Gasteiger partial charge in [-0.3, -0.25) is 4.79 Å². The molecule has 5 rings (SSSR count).